The predicted octanol–water partition coefficient (Wildman–Crippen LogP) is 2.17. The first-order valence-electron chi connectivity index (χ1n) is 11.7. The standard InChI is InChI=1S/C23H28F4N6O3S/c1-13(2)18-12-31(15-4-5-17(24)19(8-15)37(3,35)36)6-7-33(18)22-29-9-16(20(30-22)23(25,26)27)21(34)32-10-14(28)11-32/h4-5,8-9,13-14,18H,6-7,10-12,28H2,1-3H3. The van der Waals surface area contributed by atoms with Crippen molar-refractivity contribution in [3.8, 4) is 0 Å². The average molecular weight is 545 g/mol. The number of amides is 1. The van der Waals surface area contributed by atoms with Gasteiger partial charge in [-0.15, -0.1) is 0 Å². The van der Waals surface area contributed by atoms with Crippen LogP contribution in [0.25, 0.3) is 0 Å². The van der Waals surface area contributed by atoms with Crippen LogP contribution in [0.2, 0.25) is 0 Å². The third-order valence-corrected chi connectivity index (χ3v) is 7.71. The van der Waals surface area contributed by atoms with Crippen molar-refractivity contribution < 1.29 is 30.8 Å². The largest absolute Gasteiger partial charge is 0.434 e. The highest BCUT2D eigenvalue weighted by Gasteiger charge is 2.42. The van der Waals surface area contributed by atoms with E-state index in [1.807, 2.05) is 18.7 Å². The molecule has 1 aromatic carbocycles. The van der Waals surface area contributed by atoms with Gasteiger partial charge < -0.3 is 20.4 Å². The molecule has 1 atom stereocenters. The van der Waals surface area contributed by atoms with Gasteiger partial charge in [0.05, 0.1) is 11.6 Å². The number of alkyl halides is 3. The number of halogens is 4. The second-order valence-corrected chi connectivity index (χ2v) is 11.7. The van der Waals surface area contributed by atoms with Crippen LogP contribution in [0.3, 0.4) is 0 Å². The van der Waals surface area contributed by atoms with Crippen LogP contribution < -0.4 is 15.5 Å². The van der Waals surface area contributed by atoms with Crippen molar-refractivity contribution in [1.29, 1.82) is 0 Å². The number of hydrogen-bond acceptors (Lipinski definition) is 8. The maximum Gasteiger partial charge on any atom is 0.434 e. The summed E-state index contributed by atoms with van der Waals surface area (Å²) in [4.78, 5) is 24.9. The van der Waals surface area contributed by atoms with Gasteiger partial charge in [0.25, 0.3) is 5.91 Å². The van der Waals surface area contributed by atoms with Crippen molar-refractivity contribution in [3.63, 3.8) is 0 Å². The number of piperazine rings is 1. The lowest BCUT2D eigenvalue weighted by Gasteiger charge is -2.44. The van der Waals surface area contributed by atoms with E-state index in [0.717, 1.165) is 18.5 Å². The summed E-state index contributed by atoms with van der Waals surface area (Å²) in [6, 6.07) is 3.20. The molecule has 2 aliphatic heterocycles. The molecule has 2 N–H and O–H groups in total. The minimum Gasteiger partial charge on any atom is -0.368 e. The molecule has 3 heterocycles. The van der Waals surface area contributed by atoms with Gasteiger partial charge in [-0.2, -0.15) is 13.2 Å². The minimum atomic E-state index is -4.87. The van der Waals surface area contributed by atoms with E-state index in [0.29, 0.717) is 18.8 Å². The molecule has 1 amide bonds. The lowest BCUT2D eigenvalue weighted by atomic mass is 9.99. The van der Waals surface area contributed by atoms with Gasteiger partial charge in [0.2, 0.25) is 5.95 Å². The van der Waals surface area contributed by atoms with E-state index < -0.39 is 43.9 Å². The number of hydrogen-bond donors (Lipinski definition) is 1. The number of carbonyl (C=O) groups is 1. The Kier molecular flexibility index (Phi) is 7.10. The highest BCUT2D eigenvalue weighted by atomic mass is 32.2. The molecule has 37 heavy (non-hydrogen) atoms. The summed E-state index contributed by atoms with van der Waals surface area (Å²) in [6.45, 7) is 4.95. The fraction of sp³-hybridized carbons (Fsp3) is 0.522. The van der Waals surface area contributed by atoms with Crippen molar-refractivity contribution in [2.24, 2.45) is 11.7 Å². The zero-order valence-corrected chi connectivity index (χ0v) is 21.4. The van der Waals surface area contributed by atoms with Crippen LogP contribution in [0.5, 0.6) is 0 Å². The zero-order valence-electron chi connectivity index (χ0n) is 20.5. The Hall–Kier alpha value is -3.00. The molecule has 0 aliphatic carbocycles. The Balaban J connectivity index is 1.64. The number of sulfone groups is 1. The molecule has 1 unspecified atom stereocenters. The summed E-state index contributed by atoms with van der Waals surface area (Å²) in [5.74, 6) is -1.88. The average Bonchev–Trinajstić information content (AvgIpc) is 2.80. The van der Waals surface area contributed by atoms with Gasteiger partial charge in [-0.05, 0) is 24.1 Å². The van der Waals surface area contributed by atoms with Crippen molar-refractivity contribution in [3.05, 3.63) is 41.5 Å². The summed E-state index contributed by atoms with van der Waals surface area (Å²) < 4.78 is 79.8. The van der Waals surface area contributed by atoms with Crippen molar-refractivity contribution >= 4 is 27.4 Å². The fourth-order valence-electron chi connectivity index (χ4n) is 4.57. The highest BCUT2D eigenvalue weighted by molar-refractivity contribution is 7.90. The summed E-state index contributed by atoms with van der Waals surface area (Å²) in [5, 5.41) is 0. The van der Waals surface area contributed by atoms with Gasteiger partial charge in [0.1, 0.15) is 10.7 Å². The summed E-state index contributed by atoms with van der Waals surface area (Å²) in [5.41, 5.74) is 4.22. The van der Waals surface area contributed by atoms with Crippen LogP contribution >= 0.6 is 0 Å². The first-order chi connectivity index (χ1) is 17.2. The molecule has 14 heteroatoms. The second-order valence-electron chi connectivity index (χ2n) is 9.74. The fourth-order valence-corrected chi connectivity index (χ4v) is 5.33. The van der Waals surface area contributed by atoms with Gasteiger partial charge >= 0.3 is 6.18 Å². The lowest BCUT2D eigenvalue weighted by molar-refractivity contribution is -0.141. The monoisotopic (exact) mass is 544 g/mol. The van der Waals surface area contributed by atoms with Gasteiger partial charge in [-0.3, -0.25) is 4.79 Å². The second kappa shape index (κ2) is 9.71. The maximum atomic E-state index is 14.1. The third kappa shape index (κ3) is 5.49. The summed E-state index contributed by atoms with van der Waals surface area (Å²) in [7, 11) is -3.79. The van der Waals surface area contributed by atoms with Crippen molar-refractivity contribution in [2.75, 3.05) is 48.8 Å². The molecular weight excluding hydrogens is 516 g/mol. The number of carbonyl (C=O) groups excluding carboxylic acids is 1. The van der Waals surface area contributed by atoms with E-state index in [9.17, 15) is 30.8 Å². The lowest BCUT2D eigenvalue weighted by Crippen LogP contribution is -2.58. The quantitative estimate of drug-likeness (QED) is 0.570. The van der Waals surface area contributed by atoms with Crippen LogP contribution in [0, 0.1) is 11.7 Å². The van der Waals surface area contributed by atoms with E-state index in [1.165, 1.54) is 17.0 Å². The normalized spacial score (nSPS) is 19.4. The zero-order chi connectivity index (χ0) is 27.3. The Labute approximate surface area is 212 Å². The molecule has 4 rings (SSSR count). The summed E-state index contributed by atoms with van der Waals surface area (Å²) in [6.07, 6.45) is -3.04. The molecule has 0 bridgehead atoms. The topological polar surface area (TPSA) is 113 Å². The van der Waals surface area contributed by atoms with Crippen LogP contribution in [-0.4, -0.2) is 80.3 Å². The Morgan fingerprint density at radius 2 is 1.84 bits per heavy atom. The smallest absolute Gasteiger partial charge is 0.368 e. The van der Waals surface area contributed by atoms with Crippen molar-refractivity contribution in [1.82, 2.24) is 14.9 Å². The molecule has 0 saturated carbocycles. The Morgan fingerprint density at radius 3 is 2.41 bits per heavy atom. The maximum absolute atomic E-state index is 14.1. The molecule has 0 radical (unpaired) electrons. The molecule has 2 saturated heterocycles. The van der Waals surface area contributed by atoms with Gasteiger partial charge in [-0.1, -0.05) is 13.8 Å². The number of aromatic nitrogens is 2. The third-order valence-electron chi connectivity index (χ3n) is 6.60. The minimum absolute atomic E-state index is 0.0561. The first kappa shape index (κ1) is 27.0. The number of likely N-dealkylation sites (tertiary alicyclic amines) is 1. The number of benzene rings is 1. The number of anilines is 2. The van der Waals surface area contributed by atoms with Crippen LogP contribution in [0.1, 0.15) is 29.9 Å². The van der Waals surface area contributed by atoms with Crippen molar-refractivity contribution in [2.45, 2.75) is 37.0 Å². The SMILES string of the molecule is CC(C)C1CN(c2ccc(F)c(S(C)(=O)=O)c2)CCN1c1ncc(C(=O)N2CC(N)C2)c(C(F)(F)F)n1. The molecular formula is C23H28F4N6O3S. The Morgan fingerprint density at radius 1 is 1.16 bits per heavy atom. The number of nitrogens with zero attached hydrogens (tertiary/aromatic N) is 5. The van der Waals surface area contributed by atoms with Gasteiger partial charge in [-0.25, -0.2) is 22.8 Å². The molecule has 1 aromatic heterocycles. The van der Waals surface area contributed by atoms with E-state index in [1.54, 1.807) is 4.90 Å². The number of rotatable bonds is 5. The van der Waals surface area contributed by atoms with E-state index >= 15 is 0 Å². The molecule has 2 aliphatic rings. The molecule has 0 spiro atoms. The van der Waals surface area contributed by atoms with Gasteiger partial charge in [0, 0.05) is 56.9 Å². The molecule has 2 aromatic rings. The predicted molar refractivity (Wildman–Crippen MR) is 129 cm³/mol. The van der Waals surface area contributed by atoms with E-state index in [-0.39, 0.29) is 43.6 Å². The van der Waals surface area contributed by atoms with E-state index in [4.69, 9.17) is 5.73 Å². The summed E-state index contributed by atoms with van der Waals surface area (Å²) >= 11 is 0. The molecule has 202 valence electrons. The van der Waals surface area contributed by atoms with Gasteiger partial charge in [0.15, 0.2) is 15.5 Å². The van der Waals surface area contributed by atoms with E-state index in [2.05, 4.69) is 9.97 Å². The number of nitrogens with two attached hydrogens (primary N) is 1. The van der Waals surface area contributed by atoms with Crippen LogP contribution in [0.15, 0.2) is 29.3 Å². The van der Waals surface area contributed by atoms with Crippen LogP contribution in [0.4, 0.5) is 29.2 Å². The first-order valence-corrected chi connectivity index (χ1v) is 13.6. The Bertz CT molecular complexity index is 1300. The molecule has 9 nitrogen and oxygen atoms in total. The molecule has 2 fully saturated rings. The van der Waals surface area contributed by atoms with Crippen LogP contribution in [-0.2, 0) is 16.0 Å². The highest BCUT2D eigenvalue weighted by Crippen LogP contribution is 2.34.